The van der Waals surface area contributed by atoms with E-state index in [9.17, 15) is 14.3 Å². The second kappa shape index (κ2) is 11.1. The van der Waals surface area contributed by atoms with Gasteiger partial charge in [0.15, 0.2) is 5.71 Å². The average molecular weight is 566 g/mol. The van der Waals surface area contributed by atoms with Crippen LogP contribution in [0.25, 0.3) is 0 Å². The van der Waals surface area contributed by atoms with Gasteiger partial charge in [-0.05, 0) is 43.7 Å². The summed E-state index contributed by atoms with van der Waals surface area (Å²) in [5.74, 6) is -0.316. The number of likely N-dealkylation sites (N-methyl/N-ethyl adjacent to an activating group) is 1. The van der Waals surface area contributed by atoms with E-state index in [1.54, 1.807) is 6.07 Å². The molecule has 8 nitrogen and oxygen atoms in total. The van der Waals surface area contributed by atoms with Crippen LogP contribution in [0.4, 0.5) is 11.4 Å². The van der Waals surface area contributed by atoms with E-state index in [1.165, 1.54) is 24.1 Å². The van der Waals surface area contributed by atoms with Crippen molar-refractivity contribution in [3.63, 3.8) is 0 Å². The highest BCUT2D eigenvalue weighted by molar-refractivity contribution is 7.50. The predicted molar refractivity (Wildman–Crippen MR) is 158 cm³/mol. The van der Waals surface area contributed by atoms with Crippen molar-refractivity contribution in [2.75, 3.05) is 46.0 Å². The first kappa shape index (κ1) is 29.9. The maximum absolute atomic E-state index is 13.1. The molecular weight excluding hydrogens is 525 g/mol. The van der Waals surface area contributed by atoms with Crippen LogP contribution in [0.1, 0.15) is 49.2 Å². The molecule has 1 amide bonds. The second-order valence-corrected chi connectivity index (χ2v) is 13.4. The normalized spacial score (nSPS) is 20.5. The molecule has 4 rings (SSSR count). The topological polar surface area (TPSA) is 93.9 Å². The highest BCUT2D eigenvalue weighted by Gasteiger charge is 2.43. The molecule has 2 heterocycles. The number of nitrogens with one attached hydrogen (secondary N) is 1. The number of ether oxygens (including phenoxy) is 1. The Morgan fingerprint density at radius 1 is 1.12 bits per heavy atom. The van der Waals surface area contributed by atoms with Gasteiger partial charge in [0.2, 0.25) is 5.69 Å². The van der Waals surface area contributed by atoms with Gasteiger partial charge in [0, 0.05) is 60.9 Å². The van der Waals surface area contributed by atoms with Crippen LogP contribution in [0.5, 0.6) is 0 Å². The Labute approximate surface area is 237 Å². The van der Waals surface area contributed by atoms with Crippen molar-refractivity contribution in [1.82, 2.24) is 5.32 Å². The third-order valence-corrected chi connectivity index (χ3v) is 8.58. The Balaban J connectivity index is 1.56. The first-order chi connectivity index (χ1) is 18.7. The molecule has 0 radical (unpaired) electrons. The van der Waals surface area contributed by atoms with Crippen molar-refractivity contribution in [3.8, 4) is 0 Å². The van der Waals surface area contributed by atoms with E-state index in [2.05, 4.69) is 92.0 Å². The van der Waals surface area contributed by atoms with E-state index in [4.69, 9.17) is 9.26 Å². The number of carbonyl (C=O) groups excluding carboxylic acids is 1. The van der Waals surface area contributed by atoms with Crippen LogP contribution >= 0.6 is 7.60 Å². The highest BCUT2D eigenvalue weighted by Crippen LogP contribution is 2.47. The third-order valence-electron chi connectivity index (χ3n) is 7.96. The summed E-state index contributed by atoms with van der Waals surface area (Å²) in [7, 11) is 1.72. The molecule has 0 fully saturated rings. The molecular formula is C31H40N3O5P. The molecule has 0 saturated carbocycles. The first-order valence-electron chi connectivity index (χ1n) is 13.4. The quantitative estimate of drug-likeness (QED) is 0.355. The fourth-order valence-electron chi connectivity index (χ4n) is 5.84. The Morgan fingerprint density at radius 2 is 1.82 bits per heavy atom. The first-order valence-corrected chi connectivity index (χ1v) is 15.4. The van der Waals surface area contributed by atoms with Gasteiger partial charge in [-0.3, -0.25) is 4.79 Å². The Kier molecular flexibility index (Phi) is 8.30. The van der Waals surface area contributed by atoms with Gasteiger partial charge in [0.25, 0.3) is 5.91 Å². The second-order valence-electron chi connectivity index (χ2n) is 11.6. The maximum atomic E-state index is 13.1. The molecule has 2 aromatic carbocycles. The van der Waals surface area contributed by atoms with Crippen LogP contribution in [-0.4, -0.2) is 63.3 Å². The summed E-state index contributed by atoms with van der Waals surface area (Å²) in [5, 5.41) is 2.84. The van der Waals surface area contributed by atoms with Gasteiger partial charge in [0.1, 0.15) is 14.6 Å². The molecule has 214 valence electrons. The zero-order valence-electron chi connectivity index (χ0n) is 24.6. The number of benzene rings is 2. The molecule has 40 heavy (non-hydrogen) atoms. The number of para-hydroxylation sites is 1. The predicted octanol–water partition coefficient (Wildman–Crippen LogP) is 4.50. The Morgan fingerprint density at radius 3 is 2.48 bits per heavy atom. The Hall–Kier alpha value is -3.03. The zero-order chi connectivity index (χ0) is 29.5. The van der Waals surface area contributed by atoms with Crippen molar-refractivity contribution < 1.29 is 28.1 Å². The summed E-state index contributed by atoms with van der Waals surface area (Å²) in [6.45, 7) is 9.75. The zero-order valence-corrected chi connectivity index (χ0v) is 25.5. The monoisotopic (exact) mass is 565 g/mol. The molecule has 2 aromatic rings. The summed E-state index contributed by atoms with van der Waals surface area (Å²) in [6, 6.07) is 13.6. The van der Waals surface area contributed by atoms with E-state index in [-0.39, 0.29) is 30.0 Å². The number of rotatable bonds is 9. The lowest BCUT2D eigenvalue weighted by Crippen LogP contribution is -2.41. The summed E-state index contributed by atoms with van der Waals surface area (Å²) in [5.41, 5.74) is 7.01. The lowest BCUT2D eigenvalue weighted by Gasteiger charge is -2.24. The minimum Gasteiger partial charge on any atom is -0.779 e. The number of allylic oxidation sites excluding steroid dienone is 4. The van der Waals surface area contributed by atoms with Gasteiger partial charge in [-0.2, -0.15) is 4.58 Å². The summed E-state index contributed by atoms with van der Waals surface area (Å²) >= 11 is 0. The molecule has 2 aliphatic rings. The van der Waals surface area contributed by atoms with Gasteiger partial charge < -0.3 is 28.9 Å². The molecule has 1 N–H and O–H groups in total. The van der Waals surface area contributed by atoms with Crippen LogP contribution in [0.3, 0.4) is 0 Å². The standard InChI is InChI=1S/C31H40N3O5P/c1-30(2)23-12-9-10-13-25(23)33(5)27(30)14-11-15-28-31(3,4)24-18-21(16-17-26(24)34(28)6)29(35)32-22(19-38-7)20-39-40(8,36)37/h9-18,22H,19-20H2,1-8H3,(H-,32,35,36,37)/t22-/m0/s1. The summed E-state index contributed by atoms with van der Waals surface area (Å²) in [6.07, 6.45) is 6.45. The molecule has 0 aromatic heterocycles. The number of amides is 1. The van der Waals surface area contributed by atoms with Gasteiger partial charge in [-0.1, -0.05) is 38.1 Å². The van der Waals surface area contributed by atoms with Crippen LogP contribution < -0.4 is 15.1 Å². The number of hydrogen-bond acceptors (Lipinski definition) is 6. The number of carbonyl (C=O) groups is 1. The molecule has 0 aliphatic carbocycles. The van der Waals surface area contributed by atoms with Gasteiger partial charge in [-0.25, -0.2) is 0 Å². The fraction of sp³-hybridized carbons (Fsp3) is 0.419. The van der Waals surface area contributed by atoms with Crippen LogP contribution in [0.2, 0.25) is 0 Å². The molecule has 1 unspecified atom stereocenters. The fourth-order valence-corrected chi connectivity index (χ4v) is 6.29. The van der Waals surface area contributed by atoms with E-state index < -0.39 is 13.6 Å². The maximum Gasteiger partial charge on any atom is 0.251 e. The van der Waals surface area contributed by atoms with E-state index in [0.717, 1.165) is 23.6 Å². The molecule has 0 spiro atoms. The van der Waals surface area contributed by atoms with Gasteiger partial charge in [-0.15, -0.1) is 0 Å². The number of nitrogens with zero attached hydrogens (tertiary/aromatic N) is 2. The SMILES string of the molecule is COC[C@@H](COP(C)(=O)[O-])NC(=O)c1ccc2c(c1)C(C)(C)/C(=C/C=C/C1=[N+](C)c3ccccc3C1(C)C)N2C. The number of anilines is 1. The lowest BCUT2D eigenvalue weighted by molar-refractivity contribution is -0.401. The summed E-state index contributed by atoms with van der Waals surface area (Å²) < 4.78 is 23.7. The van der Waals surface area contributed by atoms with Crippen LogP contribution in [-0.2, 0) is 24.7 Å². The summed E-state index contributed by atoms with van der Waals surface area (Å²) in [4.78, 5) is 26.7. The minimum absolute atomic E-state index is 0.101. The third kappa shape index (κ3) is 5.72. The number of methoxy groups -OCH3 is 1. The van der Waals surface area contributed by atoms with Gasteiger partial charge in [0.05, 0.1) is 24.7 Å². The Bertz CT molecular complexity index is 1450. The van der Waals surface area contributed by atoms with E-state index >= 15 is 0 Å². The molecule has 0 bridgehead atoms. The van der Waals surface area contributed by atoms with Crippen molar-refractivity contribution in [2.45, 2.75) is 44.6 Å². The molecule has 0 saturated heterocycles. The molecule has 2 atom stereocenters. The minimum atomic E-state index is -3.92. The van der Waals surface area contributed by atoms with Crippen molar-refractivity contribution >= 4 is 30.6 Å². The highest BCUT2D eigenvalue weighted by atomic mass is 31.2. The van der Waals surface area contributed by atoms with Crippen molar-refractivity contribution in [1.29, 1.82) is 0 Å². The molecule has 9 heteroatoms. The van der Waals surface area contributed by atoms with Crippen LogP contribution in [0.15, 0.2) is 66.4 Å². The molecule has 2 aliphatic heterocycles. The van der Waals surface area contributed by atoms with E-state index in [1.807, 2.05) is 19.2 Å². The number of fused-ring (bicyclic) bond motifs is 2. The van der Waals surface area contributed by atoms with Crippen molar-refractivity contribution in [2.24, 2.45) is 0 Å². The lowest BCUT2D eigenvalue weighted by atomic mass is 9.81. The smallest absolute Gasteiger partial charge is 0.251 e. The van der Waals surface area contributed by atoms with Crippen molar-refractivity contribution in [3.05, 3.63) is 83.1 Å². The number of hydrogen-bond donors (Lipinski definition) is 1. The largest absolute Gasteiger partial charge is 0.779 e. The van der Waals surface area contributed by atoms with E-state index in [0.29, 0.717) is 5.56 Å². The van der Waals surface area contributed by atoms with Gasteiger partial charge >= 0.3 is 0 Å². The van der Waals surface area contributed by atoms with Crippen LogP contribution in [0, 0.1) is 0 Å². The average Bonchev–Trinajstić information content (AvgIpc) is 3.20.